The van der Waals surface area contributed by atoms with Crippen LogP contribution in [0, 0.1) is 6.92 Å². The normalized spacial score (nSPS) is 17.0. The van der Waals surface area contributed by atoms with Gasteiger partial charge < -0.3 is 9.73 Å². The lowest BCUT2D eigenvalue weighted by atomic mass is 9.86. The van der Waals surface area contributed by atoms with Crippen LogP contribution < -0.4 is 5.32 Å². The van der Waals surface area contributed by atoms with Crippen LogP contribution in [-0.4, -0.2) is 12.6 Å². The second kappa shape index (κ2) is 4.01. The summed E-state index contributed by atoms with van der Waals surface area (Å²) in [5.41, 5.74) is 0.149. The van der Waals surface area contributed by atoms with Gasteiger partial charge in [0.05, 0.1) is 0 Å². The van der Waals surface area contributed by atoms with Crippen LogP contribution in [0.4, 0.5) is 0 Å². The zero-order valence-corrected chi connectivity index (χ0v) is 9.97. The molecule has 2 nitrogen and oxygen atoms in total. The third-order valence-corrected chi connectivity index (χ3v) is 3.17. The predicted octanol–water partition coefficient (Wildman–Crippen LogP) is 3.01. The summed E-state index contributed by atoms with van der Waals surface area (Å²) in [5.74, 6) is 2.12. The standard InChI is InChI=1S/C13H21NO/c1-10-4-7-12(15-10)13(2,3)8-9-14-11-5-6-11/h4,7,11,14H,5-6,8-9H2,1-3H3. The van der Waals surface area contributed by atoms with Crippen molar-refractivity contribution in [2.75, 3.05) is 6.54 Å². The highest BCUT2D eigenvalue weighted by Crippen LogP contribution is 2.28. The highest BCUT2D eigenvalue weighted by atomic mass is 16.3. The molecule has 2 heteroatoms. The van der Waals surface area contributed by atoms with Crippen molar-refractivity contribution in [3.8, 4) is 0 Å². The number of hydrogen-bond donors (Lipinski definition) is 1. The van der Waals surface area contributed by atoms with Gasteiger partial charge in [-0.05, 0) is 44.9 Å². The second-order valence-electron chi connectivity index (χ2n) is 5.27. The summed E-state index contributed by atoms with van der Waals surface area (Å²) in [7, 11) is 0. The average molecular weight is 207 g/mol. The molecule has 0 aliphatic heterocycles. The minimum absolute atomic E-state index is 0.149. The van der Waals surface area contributed by atoms with E-state index >= 15 is 0 Å². The van der Waals surface area contributed by atoms with Gasteiger partial charge in [-0.25, -0.2) is 0 Å². The first-order valence-electron chi connectivity index (χ1n) is 5.88. The summed E-state index contributed by atoms with van der Waals surface area (Å²) < 4.78 is 5.69. The van der Waals surface area contributed by atoms with Crippen LogP contribution in [0.15, 0.2) is 16.5 Å². The Hall–Kier alpha value is -0.760. The molecule has 2 rings (SSSR count). The van der Waals surface area contributed by atoms with Crippen molar-refractivity contribution in [1.82, 2.24) is 5.32 Å². The van der Waals surface area contributed by atoms with Crippen LogP contribution in [0.3, 0.4) is 0 Å². The molecule has 1 aliphatic carbocycles. The number of hydrogen-bond acceptors (Lipinski definition) is 2. The molecule has 1 aliphatic rings. The Morgan fingerprint density at radius 3 is 2.67 bits per heavy atom. The van der Waals surface area contributed by atoms with Gasteiger partial charge >= 0.3 is 0 Å². The maximum Gasteiger partial charge on any atom is 0.109 e. The molecular formula is C13H21NO. The van der Waals surface area contributed by atoms with E-state index in [2.05, 4.69) is 25.2 Å². The number of aryl methyl sites for hydroxylation is 1. The largest absolute Gasteiger partial charge is 0.466 e. The van der Waals surface area contributed by atoms with Crippen molar-refractivity contribution in [2.45, 2.75) is 51.5 Å². The van der Waals surface area contributed by atoms with Crippen LogP contribution in [0.2, 0.25) is 0 Å². The van der Waals surface area contributed by atoms with Crippen LogP contribution in [-0.2, 0) is 5.41 Å². The van der Waals surface area contributed by atoms with Gasteiger partial charge in [-0.1, -0.05) is 13.8 Å². The average Bonchev–Trinajstić information content (AvgIpc) is 2.86. The van der Waals surface area contributed by atoms with Crippen LogP contribution in [0.5, 0.6) is 0 Å². The van der Waals surface area contributed by atoms with E-state index in [1.54, 1.807) is 0 Å². The van der Waals surface area contributed by atoms with Gasteiger partial charge in [0.1, 0.15) is 11.5 Å². The van der Waals surface area contributed by atoms with Crippen molar-refractivity contribution in [1.29, 1.82) is 0 Å². The van der Waals surface area contributed by atoms with Crippen LogP contribution >= 0.6 is 0 Å². The molecule has 1 fully saturated rings. The molecule has 1 aromatic rings. The first-order valence-corrected chi connectivity index (χ1v) is 5.88. The van der Waals surface area contributed by atoms with Gasteiger partial charge in [0.25, 0.3) is 0 Å². The summed E-state index contributed by atoms with van der Waals surface area (Å²) in [6.07, 6.45) is 3.86. The Morgan fingerprint density at radius 2 is 2.13 bits per heavy atom. The van der Waals surface area contributed by atoms with Gasteiger partial charge in [-0.15, -0.1) is 0 Å². The predicted molar refractivity (Wildman–Crippen MR) is 62.1 cm³/mol. The minimum atomic E-state index is 0.149. The molecule has 0 radical (unpaired) electrons. The summed E-state index contributed by atoms with van der Waals surface area (Å²) in [5, 5.41) is 3.55. The maximum atomic E-state index is 5.69. The molecule has 15 heavy (non-hydrogen) atoms. The van der Waals surface area contributed by atoms with E-state index in [-0.39, 0.29) is 5.41 Å². The van der Waals surface area contributed by atoms with E-state index in [1.807, 2.05) is 13.0 Å². The molecule has 1 N–H and O–H groups in total. The molecule has 84 valence electrons. The quantitative estimate of drug-likeness (QED) is 0.803. The minimum Gasteiger partial charge on any atom is -0.466 e. The van der Waals surface area contributed by atoms with E-state index in [1.165, 1.54) is 12.8 Å². The number of rotatable bonds is 5. The van der Waals surface area contributed by atoms with Gasteiger partial charge in [0, 0.05) is 11.5 Å². The maximum absolute atomic E-state index is 5.69. The smallest absolute Gasteiger partial charge is 0.109 e. The molecule has 0 saturated heterocycles. The molecule has 0 spiro atoms. The second-order valence-corrected chi connectivity index (χ2v) is 5.27. The molecule has 0 bridgehead atoms. The van der Waals surface area contributed by atoms with E-state index in [0.29, 0.717) is 0 Å². The lowest BCUT2D eigenvalue weighted by Crippen LogP contribution is -2.26. The number of nitrogens with one attached hydrogen (secondary N) is 1. The Bertz CT molecular complexity index is 323. The molecular weight excluding hydrogens is 186 g/mol. The zero-order valence-electron chi connectivity index (χ0n) is 9.97. The summed E-state index contributed by atoms with van der Waals surface area (Å²) in [6, 6.07) is 4.96. The van der Waals surface area contributed by atoms with Gasteiger partial charge in [0.15, 0.2) is 0 Å². The third kappa shape index (κ3) is 2.85. The van der Waals surface area contributed by atoms with Gasteiger partial charge in [-0.3, -0.25) is 0 Å². The Balaban J connectivity index is 1.86. The monoisotopic (exact) mass is 207 g/mol. The van der Waals surface area contributed by atoms with Gasteiger partial charge in [0.2, 0.25) is 0 Å². The van der Waals surface area contributed by atoms with Crippen molar-refractivity contribution in [2.24, 2.45) is 0 Å². The fourth-order valence-electron chi connectivity index (χ4n) is 1.80. The SMILES string of the molecule is Cc1ccc(C(C)(C)CCNC2CC2)o1. The van der Waals surface area contributed by atoms with Crippen molar-refractivity contribution < 1.29 is 4.42 Å². The summed E-state index contributed by atoms with van der Waals surface area (Å²) in [6.45, 7) is 7.60. The van der Waals surface area contributed by atoms with Crippen molar-refractivity contribution in [3.63, 3.8) is 0 Å². The zero-order chi connectivity index (χ0) is 10.9. The Morgan fingerprint density at radius 1 is 1.40 bits per heavy atom. The fourth-order valence-corrected chi connectivity index (χ4v) is 1.80. The summed E-state index contributed by atoms with van der Waals surface area (Å²) in [4.78, 5) is 0. The third-order valence-electron chi connectivity index (χ3n) is 3.17. The van der Waals surface area contributed by atoms with Crippen LogP contribution in [0.1, 0.15) is 44.6 Å². The fraction of sp³-hybridized carbons (Fsp3) is 0.692. The Kier molecular flexibility index (Phi) is 2.87. The lowest BCUT2D eigenvalue weighted by Gasteiger charge is -2.22. The lowest BCUT2D eigenvalue weighted by molar-refractivity contribution is 0.349. The first kappa shape index (κ1) is 10.7. The highest BCUT2D eigenvalue weighted by Gasteiger charge is 2.26. The van der Waals surface area contributed by atoms with Gasteiger partial charge in [-0.2, -0.15) is 0 Å². The molecule has 1 heterocycles. The number of furan rings is 1. The molecule has 1 aromatic heterocycles. The van der Waals surface area contributed by atoms with Crippen LogP contribution in [0.25, 0.3) is 0 Å². The highest BCUT2D eigenvalue weighted by molar-refractivity contribution is 5.14. The Labute approximate surface area is 92.1 Å². The van der Waals surface area contributed by atoms with E-state index in [4.69, 9.17) is 4.42 Å². The molecule has 0 amide bonds. The van der Waals surface area contributed by atoms with Crippen molar-refractivity contribution in [3.05, 3.63) is 23.7 Å². The van der Waals surface area contributed by atoms with E-state index in [0.717, 1.165) is 30.5 Å². The molecule has 0 unspecified atom stereocenters. The first-order chi connectivity index (χ1) is 7.08. The summed E-state index contributed by atoms with van der Waals surface area (Å²) >= 11 is 0. The van der Waals surface area contributed by atoms with Crippen molar-refractivity contribution >= 4 is 0 Å². The molecule has 0 atom stereocenters. The molecule has 0 aromatic carbocycles. The van der Waals surface area contributed by atoms with E-state index in [9.17, 15) is 0 Å². The van der Waals surface area contributed by atoms with E-state index < -0.39 is 0 Å². The topological polar surface area (TPSA) is 25.2 Å². The molecule has 1 saturated carbocycles.